The summed E-state index contributed by atoms with van der Waals surface area (Å²) in [5.41, 5.74) is 5.20. The fourth-order valence-electron chi connectivity index (χ4n) is 8.55. The van der Waals surface area contributed by atoms with Gasteiger partial charge < -0.3 is 28.9 Å². The molecule has 0 unspecified atom stereocenters. The monoisotopic (exact) mass is 724 g/mol. The normalized spacial score (nSPS) is 19.4. The predicted molar refractivity (Wildman–Crippen MR) is 210 cm³/mol. The van der Waals surface area contributed by atoms with Crippen molar-refractivity contribution in [2.45, 2.75) is 63.5 Å². The maximum absolute atomic E-state index is 13.0. The summed E-state index contributed by atoms with van der Waals surface area (Å²) in [6, 6.07) is 33.8. The van der Waals surface area contributed by atoms with Crippen LogP contribution >= 0.6 is 0 Å². The molecule has 4 aliphatic rings. The van der Waals surface area contributed by atoms with Crippen LogP contribution in [0.2, 0.25) is 0 Å². The summed E-state index contributed by atoms with van der Waals surface area (Å²) in [4.78, 5) is 32.4. The lowest BCUT2D eigenvalue weighted by Crippen LogP contribution is -2.49. The van der Waals surface area contributed by atoms with Crippen molar-refractivity contribution in [3.05, 3.63) is 119 Å². The zero-order valence-corrected chi connectivity index (χ0v) is 31.0. The van der Waals surface area contributed by atoms with E-state index in [1.807, 2.05) is 48.5 Å². The van der Waals surface area contributed by atoms with Crippen LogP contribution in [0, 0.1) is 0 Å². The first-order valence-corrected chi connectivity index (χ1v) is 19.5. The second-order valence-electron chi connectivity index (χ2n) is 15.2. The number of benzene rings is 4. The van der Waals surface area contributed by atoms with E-state index in [9.17, 15) is 4.79 Å². The first kappa shape index (κ1) is 34.4. The third-order valence-electron chi connectivity index (χ3n) is 11.6. The number of anilines is 2. The minimum Gasteiger partial charge on any atom is -0.489 e. The Kier molecular flexibility index (Phi) is 9.45. The van der Waals surface area contributed by atoms with Crippen LogP contribution < -0.4 is 19.3 Å². The molecule has 10 nitrogen and oxygen atoms in total. The van der Waals surface area contributed by atoms with Crippen molar-refractivity contribution in [3.8, 4) is 11.8 Å². The molecule has 1 aliphatic carbocycles. The molecule has 0 bridgehead atoms. The number of likely N-dealkylation sites (tertiary alicyclic amines) is 1. The molecule has 1 aromatic heterocycles. The summed E-state index contributed by atoms with van der Waals surface area (Å²) in [6.45, 7) is 5.78. The van der Waals surface area contributed by atoms with Gasteiger partial charge >= 0.3 is 12.1 Å². The molecule has 3 aliphatic heterocycles. The lowest BCUT2D eigenvalue weighted by atomic mass is 10.0. The van der Waals surface area contributed by atoms with Crippen LogP contribution in [0.25, 0.3) is 10.8 Å². The van der Waals surface area contributed by atoms with Gasteiger partial charge in [0.25, 0.3) is 0 Å². The second kappa shape index (κ2) is 14.8. The Bertz CT molecular complexity index is 2100. The van der Waals surface area contributed by atoms with Gasteiger partial charge in [0.1, 0.15) is 30.4 Å². The number of hydrogen-bond acceptors (Lipinski definition) is 9. The molecule has 54 heavy (non-hydrogen) atoms. The SMILES string of the molecule is CN1CCC[C@H]1C1(Oc2nc3c(c(N4CCN(C(=O)OCc5ccccc5)CC4)n2)CCN(c2cc(OCc4ccccc4)cc4ccccc24)C3)CC1. The Hall–Kier alpha value is -5.35. The molecule has 10 heteroatoms. The van der Waals surface area contributed by atoms with Crippen molar-refractivity contribution in [1.82, 2.24) is 19.8 Å². The van der Waals surface area contributed by atoms with E-state index in [4.69, 9.17) is 24.2 Å². The molecule has 1 amide bonds. The molecule has 0 N–H and O–H groups in total. The summed E-state index contributed by atoms with van der Waals surface area (Å²) in [5.74, 6) is 1.79. The molecule has 1 saturated carbocycles. The Morgan fingerprint density at radius 3 is 2.24 bits per heavy atom. The van der Waals surface area contributed by atoms with Gasteiger partial charge in [-0.25, -0.2) is 4.79 Å². The highest BCUT2D eigenvalue weighted by molar-refractivity contribution is 5.96. The van der Waals surface area contributed by atoms with Crippen LogP contribution in [0.3, 0.4) is 0 Å². The first-order valence-electron chi connectivity index (χ1n) is 19.5. The number of ether oxygens (including phenoxy) is 3. The fraction of sp³-hybridized carbons (Fsp3) is 0.386. The Balaban J connectivity index is 0.984. The van der Waals surface area contributed by atoms with Gasteiger partial charge in [-0.3, -0.25) is 4.90 Å². The minimum atomic E-state index is -0.276. The van der Waals surface area contributed by atoms with Crippen LogP contribution in [-0.4, -0.2) is 83.8 Å². The van der Waals surface area contributed by atoms with Crippen molar-refractivity contribution in [2.75, 3.05) is 56.1 Å². The number of aromatic nitrogens is 2. The van der Waals surface area contributed by atoms with E-state index in [0.717, 1.165) is 78.2 Å². The standard InChI is InChI=1S/C44H48N6O4/c1-47-21-10-17-40(47)44(19-20-44)54-42-45-38-29-50(39-28-35(27-34-15-8-9-16-36(34)39)52-30-32-11-4-2-5-12-32)22-18-37(38)41(46-42)48-23-25-49(26-24-48)43(51)53-31-33-13-6-3-7-14-33/h2-9,11-16,27-28,40H,10,17-26,29-31H2,1H3/t40-/m0/s1. The van der Waals surface area contributed by atoms with E-state index >= 15 is 0 Å². The fourth-order valence-corrected chi connectivity index (χ4v) is 8.55. The lowest BCUT2D eigenvalue weighted by Gasteiger charge is -2.38. The number of fused-ring (bicyclic) bond motifs is 2. The molecular formula is C44H48N6O4. The van der Waals surface area contributed by atoms with Crippen LogP contribution in [0.4, 0.5) is 16.3 Å². The zero-order chi connectivity index (χ0) is 36.5. The number of carbonyl (C=O) groups is 1. The van der Waals surface area contributed by atoms with Gasteiger partial charge in [-0.15, -0.1) is 0 Å². The van der Waals surface area contributed by atoms with Gasteiger partial charge in [0.15, 0.2) is 0 Å². The highest BCUT2D eigenvalue weighted by Crippen LogP contribution is 2.48. The lowest BCUT2D eigenvalue weighted by molar-refractivity contribution is 0.0757. The Morgan fingerprint density at radius 2 is 1.52 bits per heavy atom. The molecule has 0 radical (unpaired) electrons. The van der Waals surface area contributed by atoms with E-state index in [1.165, 1.54) is 17.4 Å². The molecule has 4 aromatic carbocycles. The molecule has 278 valence electrons. The van der Waals surface area contributed by atoms with Gasteiger partial charge in [0.05, 0.1) is 12.2 Å². The van der Waals surface area contributed by atoms with E-state index in [2.05, 4.69) is 70.3 Å². The highest BCUT2D eigenvalue weighted by atomic mass is 16.6. The summed E-state index contributed by atoms with van der Waals surface area (Å²) in [6.07, 6.45) is 4.90. The number of likely N-dealkylation sites (N-methyl/N-ethyl adjacent to an activating group) is 1. The largest absolute Gasteiger partial charge is 0.489 e. The number of hydrogen-bond donors (Lipinski definition) is 0. The van der Waals surface area contributed by atoms with E-state index in [1.54, 1.807) is 4.90 Å². The molecule has 3 fully saturated rings. The molecule has 9 rings (SSSR count). The summed E-state index contributed by atoms with van der Waals surface area (Å²) in [7, 11) is 2.21. The van der Waals surface area contributed by atoms with Gasteiger partial charge in [-0.05, 0) is 68.3 Å². The number of amides is 1. The van der Waals surface area contributed by atoms with Gasteiger partial charge in [0, 0.05) is 61.5 Å². The average Bonchev–Trinajstić information content (AvgIpc) is 3.86. The van der Waals surface area contributed by atoms with Crippen LogP contribution in [0.5, 0.6) is 11.8 Å². The van der Waals surface area contributed by atoms with Crippen molar-refractivity contribution in [1.29, 1.82) is 0 Å². The topological polar surface area (TPSA) is 83.5 Å². The van der Waals surface area contributed by atoms with Crippen molar-refractivity contribution < 1.29 is 19.0 Å². The summed E-state index contributed by atoms with van der Waals surface area (Å²) in [5, 5.41) is 2.34. The number of piperazine rings is 1. The molecule has 4 heterocycles. The summed E-state index contributed by atoms with van der Waals surface area (Å²) >= 11 is 0. The first-order chi connectivity index (χ1) is 26.5. The Morgan fingerprint density at radius 1 is 0.796 bits per heavy atom. The number of nitrogens with zero attached hydrogens (tertiary/aromatic N) is 6. The second-order valence-corrected chi connectivity index (χ2v) is 15.2. The van der Waals surface area contributed by atoms with Crippen LogP contribution in [0.1, 0.15) is 48.1 Å². The molecule has 1 atom stereocenters. The van der Waals surface area contributed by atoms with Crippen molar-refractivity contribution >= 4 is 28.4 Å². The van der Waals surface area contributed by atoms with Gasteiger partial charge in [0.2, 0.25) is 0 Å². The van der Waals surface area contributed by atoms with E-state index in [-0.39, 0.29) is 18.3 Å². The maximum atomic E-state index is 13.0. The molecule has 5 aromatic rings. The molecule has 0 spiro atoms. The summed E-state index contributed by atoms with van der Waals surface area (Å²) < 4.78 is 18.9. The zero-order valence-electron chi connectivity index (χ0n) is 31.0. The predicted octanol–water partition coefficient (Wildman–Crippen LogP) is 7.24. The third-order valence-corrected chi connectivity index (χ3v) is 11.6. The Labute approximate surface area is 317 Å². The number of carbonyl (C=O) groups excluding carboxylic acids is 1. The smallest absolute Gasteiger partial charge is 0.410 e. The van der Waals surface area contributed by atoms with Crippen molar-refractivity contribution in [2.24, 2.45) is 0 Å². The van der Waals surface area contributed by atoms with Crippen LogP contribution in [0.15, 0.2) is 97.1 Å². The van der Waals surface area contributed by atoms with E-state index < -0.39 is 0 Å². The van der Waals surface area contributed by atoms with Crippen LogP contribution in [-0.2, 0) is 30.9 Å². The molecule has 2 saturated heterocycles. The maximum Gasteiger partial charge on any atom is 0.410 e. The van der Waals surface area contributed by atoms with Crippen molar-refractivity contribution in [3.63, 3.8) is 0 Å². The number of rotatable bonds is 10. The minimum absolute atomic E-state index is 0.229. The quantitative estimate of drug-likeness (QED) is 0.148. The molecular weight excluding hydrogens is 677 g/mol. The van der Waals surface area contributed by atoms with Gasteiger partial charge in [-0.1, -0.05) is 84.9 Å². The average molecular weight is 725 g/mol. The highest BCUT2D eigenvalue weighted by Gasteiger charge is 2.55. The van der Waals surface area contributed by atoms with Gasteiger partial charge in [-0.2, -0.15) is 9.97 Å². The third kappa shape index (κ3) is 7.14. The van der Waals surface area contributed by atoms with E-state index in [0.29, 0.717) is 51.4 Å².